The number of carbonyl (C=O) groups excluding carboxylic acids is 2. The molecular formula is C20H18ClN3O4. The fourth-order valence-corrected chi connectivity index (χ4v) is 2.29. The van der Waals surface area contributed by atoms with Crippen LogP contribution in [0.25, 0.3) is 0 Å². The number of terminal acetylenes is 1. The molecule has 2 aromatic rings. The molecule has 0 unspecified atom stereocenters. The van der Waals surface area contributed by atoms with Crippen molar-refractivity contribution in [2.24, 2.45) is 5.10 Å². The van der Waals surface area contributed by atoms with Gasteiger partial charge in [-0.2, -0.15) is 5.10 Å². The van der Waals surface area contributed by atoms with Gasteiger partial charge in [-0.3, -0.25) is 9.59 Å². The molecule has 2 aromatic carbocycles. The Morgan fingerprint density at radius 3 is 2.64 bits per heavy atom. The lowest BCUT2D eigenvalue weighted by Crippen LogP contribution is -2.24. The Hall–Kier alpha value is -3.50. The first-order valence-corrected chi connectivity index (χ1v) is 8.52. The third kappa shape index (κ3) is 6.34. The van der Waals surface area contributed by atoms with E-state index in [0.29, 0.717) is 27.8 Å². The summed E-state index contributed by atoms with van der Waals surface area (Å²) in [7, 11) is 1.50. The number of carbonyl (C=O) groups is 2. The van der Waals surface area contributed by atoms with Gasteiger partial charge in [0, 0.05) is 16.3 Å². The maximum Gasteiger partial charge on any atom is 0.249 e. The van der Waals surface area contributed by atoms with Crippen molar-refractivity contribution in [2.45, 2.75) is 6.42 Å². The van der Waals surface area contributed by atoms with Gasteiger partial charge in [0.1, 0.15) is 13.0 Å². The van der Waals surface area contributed by atoms with Crippen LogP contribution in [0.15, 0.2) is 47.6 Å². The minimum absolute atomic E-state index is 0.0540. The van der Waals surface area contributed by atoms with Gasteiger partial charge in [0.25, 0.3) is 0 Å². The molecule has 144 valence electrons. The predicted octanol–water partition coefficient (Wildman–Crippen LogP) is 2.84. The number of halogens is 1. The molecule has 28 heavy (non-hydrogen) atoms. The van der Waals surface area contributed by atoms with Crippen molar-refractivity contribution in [3.63, 3.8) is 0 Å². The molecule has 7 nitrogen and oxygen atoms in total. The van der Waals surface area contributed by atoms with Crippen LogP contribution in [0.3, 0.4) is 0 Å². The Morgan fingerprint density at radius 2 is 1.96 bits per heavy atom. The van der Waals surface area contributed by atoms with Crippen molar-refractivity contribution < 1.29 is 19.1 Å². The van der Waals surface area contributed by atoms with Gasteiger partial charge in [0.05, 0.1) is 13.3 Å². The number of nitrogens with one attached hydrogen (secondary N) is 2. The molecule has 0 aliphatic carbocycles. The van der Waals surface area contributed by atoms with Crippen molar-refractivity contribution in [1.29, 1.82) is 0 Å². The number of amides is 2. The summed E-state index contributed by atoms with van der Waals surface area (Å²) in [5, 5.41) is 6.99. The predicted molar refractivity (Wildman–Crippen MR) is 108 cm³/mol. The molecule has 0 radical (unpaired) electrons. The van der Waals surface area contributed by atoms with Crippen molar-refractivity contribution in [3.8, 4) is 23.8 Å². The molecule has 2 amide bonds. The van der Waals surface area contributed by atoms with Crippen molar-refractivity contribution in [3.05, 3.63) is 53.1 Å². The van der Waals surface area contributed by atoms with Crippen LogP contribution in [0.1, 0.15) is 12.0 Å². The Morgan fingerprint density at radius 1 is 1.21 bits per heavy atom. The SMILES string of the molecule is C#CCOc1c(C=NNC(=O)CC(=O)Nc2ccc(Cl)cc2)cccc1OC. The first kappa shape index (κ1) is 20.8. The van der Waals surface area contributed by atoms with Crippen LogP contribution in [-0.4, -0.2) is 31.7 Å². The van der Waals surface area contributed by atoms with Gasteiger partial charge in [-0.15, -0.1) is 6.42 Å². The Bertz CT molecular complexity index is 905. The summed E-state index contributed by atoms with van der Waals surface area (Å²) in [5.74, 6) is 2.20. The number of hydrogen-bond donors (Lipinski definition) is 2. The van der Waals surface area contributed by atoms with E-state index in [9.17, 15) is 9.59 Å². The second kappa shape index (κ2) is 10.6. The van der Waals surface area contributed by atoms with Crippen LogP contribution in [0, 0.1) is 12.3 Å². The topological polar surface area (TPSA) is 89.0 Å². The van der Waals surface area contributed by atoms with E-state index in [2.05, 4.69) is 21.8 Å². The number of nitrogens with zero attached hydrogens (tertiary/aromatic N) is 1. The standard InChI is InChI=1S/C20H18ClN3O4/c1-3-11-28-20-14(5-4-6-17(20)27-2)13-22-24-19(26)12-18(25)23-16-9-7-15(21)8-10-16/h1,4-10,13H,11-12H2,2H3,(H,23,25)(H,24,26). The lowest BCUT2D eigenvalue weighted by atomic mass is 10.2. The van der Waals surface area contributed by atoms with E-state index >= 15 is 0 Å². The first-order chi connectivity index (χ1) is 13.5. The largest absolute Gasteiger partial charge is 0.493 e. The molecule has 0 saturated carbocycles. The normalized spacial score (nSPS) is 10.2. The summed E-state index contributed by atoms with van der Waals surface area (Å²) in [6, 6.07) is 11.7. The lowest BCUT2D eigenvalue weighted by Gasteiger charge is -2.11. The third-order valence-electron chi connectivity index (χ3n) is 3.37. The number of methoxy groups -OCH3 is 1. The monoisotopic (exact) mass is 399 g/mol. The number of rotatable bonds is 8. The second-order valence-electron chi connectivity index (χ2n) is 5.40. The maximum atomic E-state index is 11.9. The first-order valence-electron chi connectivity index (χ1n) is 8.14. The van der Waals surface area contributed by atoms with Gasteiger partial charge in [-0.25, -0.2) is 5.43 Å². The van der Waals surface area contributed by atoms with Crippen LogP contribution in [0.5, 0.6) is 11.5 Å². The number of anilines is 1. The fourth-order valence-electron chi connectivity index (χ4n) is 2.16. The molecule has 0 aliphatic rings. The van der Waals surface area contributed by atoms with Crippen molar-refractivity contribution >= 4 is 35.3 Å². The van der Waals surface area contributed by atoms with Gasteiger partial charge in [-0.05, 0) is 36.4 Å². The second-order valence-corrected chi connectivity index (χ2v) is 5.83. The molecule has 0 bridgehead atoms. The number of hydrogen-bond acceptors (Lipinski definition) is 5. The van der Waals surface area contributed by atoms with E-state index in [-0.39, 0.29) is 6.61 Å². The zero-order valence-electron chi connectivity index (χ0n) is 15.1. The highest BCUT2D eigenvalue weighted by molar-refractivity contribution is 6.30. The summed E-state index contributed by atoms with van der Waals surface area (Å²) in [4.78, 5) is 23.8. The average molecular weight is 400 g/mol. The van der Waals surface area contributed by atoms with Gasteiger partial charge in [0.2, 0.25) is 11.8 Å². The highest BCUT2D eigenvalue weighted by atomic mass is 35.5. The minimum Gasteiger partial charge on any atom is -0.493 e. The average Bonchev–Trinajstić information content (AvgIpc) is 2.68. The van der Waals surface area contributed by atoms with Gasteiger partial charge in [0.15, 0.2) is 11.5 Å². The molecule has 0 heterocycles. The third-order valence-corrected chi connectivity index (χ3v) is 3.62. The molecule has 0 spiro atoms. The molecule has 0 atom stereocenters. The molecule has 2 rings (SSSR count). The molecule has 2 N–H and O–H groups in total. The van der Waals surface area contributed by atoms with Gasteiger partial charge in [-0.1, -0.05) is 23.6 Å². The Balaban J connectivity index is 1.93. The zero-order chi connectivity index (χ0) is 20.4. The number of para-hydroxylation sites is 1. The number of hydrazone groups is 1. The van der Waals surface area contributed by atoms with Crippen LogP contribution in [-0.2, 0) is 9.59 Å². The number of ether oxygens (including phenoxy) is 2. The van der Waals surface area contributed by atoms with Crippen molar-refractivity contribution in [2.75, 3.05) is 19.0 Å². The molecule has 8 heteroatoms. The summed E-state index contributed by atoms with van der Waals surface area (Å²) in [6.07, 6.45) is 6.20. The Labute approximate surface area is 167 Å². The smallest absolute Gasteiger partial charge is 0.249 e. The fraction of sp³-hybridized carbons (Fsp3) is 0.150. The van der Waals surface area contributed by atoms with E-state index in [0.717, 1.165) is 0 Å². The van der Waals surface area contributed by atoms with Gasteiger partial charge < -0.3 is 14.8 Å². The zero-order valence-corrected chi connectivity index (χ0v) is 15.8. The van der Waals surface area contributed by atoms with E-state index in [1.165, 1.54) is 13.3 Å². The summed E-state index contributed by atoms with van der Waals surface area (Å²) >= 11 is 5.78. The Kier molecular flexibility index (Phi) is 7.88. The van der Waals surface area contributed by atoms with E-state index in [4.69, 9.17) is 27.5 Å². The quantitative estimate of drug-likeness (QED) is 0.309. The highest BCUT2D eigenvalue weighted by Crippen LogP contribution is 2.29. The van der Waals surface area contributed by atoms with E-state index in [1.807, 2.05) is 0 Å². The lowest BCUT2D eigenvalue weighted by molar-refractivity contribution is -0.126. The van der Waals surface area contributed by atoms with Gasteiger partial charge >= 0.3 is 0 Å². The van der Waals surface area contributed by atoms with Crippen LogP contribution in [0.4, 0.5) is 5.69 Å². The molecule has 0 saturated heterocycles. The van der Waals surface area contributed by atoms with Crippen LogP contribution >= 0.6 is 11.6 Å². The maximum absolute atomic E-state index is 11.9. The van der Waals surface area contributed by atoms with E-state index in [1.54, 1.807) is 42.5 Å². The molecular weight excluding hydrogens is 382 g/mol. The van der Waals surface area contributed by atoms with Crippen LogP contribution in [0.2, 0.25) is 5.02 Å². The van der Waals surface area contributed by atoms with Crippen LogP contribution < -0.4 is 20.2 Å². The number of benzene rings is 2. The summed E-state index contributed by atoms with van der Waals surface area (Å²) < 4.78 is 10.7. The highest BCUT2D eigenvalue weighted by Gasteiger charge is 2.11. The summed E-state index contributed by atoms with van der Waals surface area (Å²) in [6.45, 7) is 0.0540. The molecule has 0 aromatic heterocycles. The van der Waals surface area contributed by atoms with Crippen molar-refractivity contribution in [1.82, 2.24) is 5.43 Å². The summed E-state index contributed by atoms with van der Waals surface area (Å²) in [5.41, 5.74) is 3.38. The molecule has 0 fully saturated rings. The molecule has 0 aliphatic heterocycles. The van der Waals surface area contributed by atoms with E-state index < -0.39 is 18.2 Å². The minimum atomic E-state index is -0.572.